The molecule has 1 fully saturated rings. The van der Waals surface area contributed by atoms with Crippen molar-refractivity contribution in [3.63, 3.8) is 0 Å². The lowest BCUT2D eigenvalue weighted by molar-refractivity contribution is 0.0923. The van der Waals surface area contributed by atoms with Gasteiger partial charge in [-0.05, 0) is 48.6 Å². The average Bonchev–Trinajstić information content (AvgIpc) is 3.67. The molecule has 3 heterocycles. The maximum absolute atomic E-state index is 12.8. The fourth-order valence-corrected chi connectivity index (χ4v) is 6.13. The van der Waals surface area contributed by atoms with Gasteiger partial charge in [0.25, 0.3) is 5.91 Å². The van der Waals surface area contributed by atoms with E-state index >= 15 is 0 Å². The fourth-order valence-electron chi connectivity index (χ4n) is 5.31. The van der Waals surface area contributed by atoms with Crippen molar-refractivity contribution >= 4 is 28.1 Å². The number of H-pyrrole nitrogens is 1. The van der Waals surface area contributed by atoms with Crippen LogP contribution in [0.1, 0.15) is 58.7 Å². The SMILES string of the molecule is O=C(NC1CCCCC1)c1csc(CN(CCc2c[nH]c3ccccc23)Cc2ccc3c(c2)OCO3)n1. The van der Waals surface area contributed by atoms with E-state index in [9.17, 15) is 4.79 Å². The van der Waals surface area contributed by atoms with Gasteiger partial charge in [-0.25, -0.2) is 4.98 Å². The summed E-state index contributed by atoms with van der Waals surface area (Å²) in [5.74, 6) is 1.54. The summed E-state index contributed by atoms with van der Waals surface area (Å²) in [7, 11) is 0. The minimum atomic E-state index is -0.0458. The van der Waals surface area contributed by atoms with Crippen molar-refractivity contribution in [2.24, 2.45) is 0 Å². The first-order valence-electron chi connectivity index (χ1n) is 13.1. The Labute approximate surface area is 220 Å². The molecule has 192 valence electrons. The Morgan fingerprint density at radius 2 is 1.95 bits per heavy atom. The molecule has 2 aromatic heterocycles. The molecule has 0 atom stereocenters. The van der Waals surface area contributed by atoms with Crippen LogP contribution in [0, 0.1) is 0 Å². The van der Waals surface area contributed by atoms with E-state index in [-0.39, 0.29) is 18.7 Å². The van der Waals surface area contributed by atoms with E-state index in [4.69, 9.17) is 14.5 Å². The van der Waals surface area contributed by atoms with Crippen LogP contribution in [-0.2, 0) is 19.5 Å². The van der Waals surface area contributed by atoms with Gasteiger partial charge in [-0.15, -0.1) is 11.3 Å². The van der Waals surface area contributed by atoms with Gasteiger partial charge >= 0.3 is 0 Å². The molecule has 1 amide bonds. The smallest absolute Gasteiger partial charge is 0.270 e. The van der Waals surface area contributed by atoms with Crippen LogP contribution in [0.15, 0.2) is 54.0 Å². The average molecular weight is 517 g/mol. The maximum Gasteiger partial charge on any atom is 0.270 e. The first kappa shape index (κ1) is 24.0. The number of fused-ring (bicyclic) bond motifs is 2. The van der Waals surface area contributed by atoms with Crippen LogP contribution in [0.4, 0.5) is 0 Å². The second-order valence-corrected chi connectivity index (χ2v) is 10.9. The number of amides is 1. The van der Waals surface area contributed by atoms with E-state index in [0.717, 1.165) is 59.9 Å². The third-order valence-electron chi connectivity index (χ3n) is 7.30. The molecule has 2 aliphatic rings. The molecule has 0 unspecified atom stereocenters. The predicted molar refractivity (Wildman–Crippen MR) is 145 cm³/mol. The van der Waals surface area contributed by atoms with Crippen molar-refractivity contribution in [1.82, 2.24) is 20.2 Å². The number of rotatable bonds is 9. The minimum absolute atomic E-state index is 0.0458. The van der Waals surface area contributed by atoms with Crippen LogP contribution in [0.3, 0.4) is 0 Å². The molecule has 1 saturated carbocycles. The highest BCUT2D eigenvalue weighted by molar-refractivity contribution is 7.09. The van der Waals surface area contributed by atoms with Gasteiger partial charge in [0.05, 0.1) is 6.54 Å². The van der Waals surface area contributed by atoms with E-state index in [1.807, 2.05) is 11.4 Å². The van der Waals surface area contributed by atoms with Gasteiger partial charge in [0.2, 0.25) is 6.79 Å². The molecular formula is C29H32N4O3S. The standard InChI is InChI=1S/C29H32N4O3S/c34-29(31-22-6-2-1-3-7-22)25-18-37-28(32-25)17-33(16-20-10-11-26-27(14-20)36-19-35-26)13-12-21-15-30-24-9-5-4-8-23(21)24/h4-5,8-11,14-15,18,22,30H,1-3,6-7,12-13,16-17,19H2,(H,31,34). The monoisotopic (exact) mass is 516 g/mol. The first-order valence-corrected chi connectivity index (χ1v) is 14.0. The molecule has 1 aliphatic carbocycles. The zero-order valence-corrected chi connectivity index (χ0v) is 21.7. The van der Waals surface area contributed by atoms with Crippen molar-refractivity contribution in [2.45, 2.75) is 57.7 Å². The lowest BCUT2D eigenvalue weighted by atomic mass is 9.95. The quantitative estimate of drug-likeness (QED) is 0.300. The fraction of sp³-hybridized carbons (Fsp3) is 0.379. The maximum atomic E-state index is 12.8. The molecule has 0 bridgehead atoms. The number of carbonyl (C=O) groups excluding carboxylic acids is 1. The van der Waals surface area contributed by atoms with Crippen LogP contribution < -0.4 is 14.8 Å². The Hall–Kier alpha value is -3.36. The van der Waals surface area contributed by atoms with E-state index in [2.05, 4.69) is 57.8 Å². The van der Waals surface area contributed by atoms with Gasteiger partial charge in [-0.1, -0.05) is 43.5 Å². The summed E-state index contributed by atoms with van der Waals surface area (Å²) in [5, 5.41) is 7.30. The summed E-state index contributed by atoms with van der Waals surface area (Å²) in [6, 6.07) is 14.8. The van der Waals surface area contributed by atoms with Crippen molar-refractivity contribution in [3.8, 4) is 11.5 Å². The highest BCUT2D eigenvalue weighted by atomic mass is 32.1. The second kappa shape index (κ2) is 10.9. The van der Waals surface area contributed by atoms with Gasteiger partial charge in [-0.3, -0.25) is 9.69 Å². The number of ether oxygens (including phenoxy) is 2. The molecular weight excluding hydrogens is 484 g/mol. The van der Waals surface area contributed by atoms with E-state index in [1.165, 1.54) is 30.2 Å². The van der Waals surface area contributed by atoms with Crippen molar-refractivity contribution in [3.05, 3.63) is 75.9 Å². The molecule has 7 nitrogen and oxygen atoms in total. The van der Waals surface area contributed by atoms with Crippen LogP contribution in [0.25, 0.3) is 10.9 Å². The van der Waals surface area contributed by atoms with Crippen molar-refractivity contribution in [1.29, 1.82) is 0 Å². The summed E-state index contributed by atoms with van der Waals surface area (Å²) in [6.07, 6.45) is 8.82. The Balaban J connectivity index is 1.16. The topological polar surface area (TPSA) is 79.5 Å². The Kier molecular flexibility index (Phi) is 7.10. The van der Waals surface area contributed by atoms with E-state index in [1.54, 1.807) is 11.3 Å². The van der Waals surface area contributed by atoms with Gasteiger partial charge in [-0.2, -0.15) is 0 Å². The zero-order chi connectivity index (χ0) is 25.0. The highest BCUT2D eigenvalue weighted by Gasteiger charge is 2.20. The minimum Gasteiger partial charge on any atom is -0.454 e. The summed E-state index contributed by atoms with van der Waals surface area (Å²) < 4.78 is 11.1. The third-order valence-corrected chi connectivity index (χ3v) is 8.13. The molecule has 2 aromatic carbocycles. The molecule has 4 aromatic rings. The highest BCUT2D eigenvalue weighted by Crippen LogP contribution is 2.33. The van der Waals surface area contributed by atoms with Gasteiger partial charge in [0, 0.05) is 41.6 Å². The summed E-state index contributed by atoms with van der Waals surface area (Å²) in [5.41, 5.74) is 4.16. The number of hydrogen-bond donors (Lipinski definition) is 2. The van der Waals surface area contributed by atoms with Gasteiger partial charge in [0.1, 0.15) is 10.7 Å². The van der Waals surface area contributed by atoms with E-state index < -0.39 is 0 Å². The van der Waals surface area contributed by atoms with Crippen LogP contribution in [0.5, 0.6) is 11.5 Å². The number of carbonyl (C=O) groups is 1. The number of nitrogens with zero attached hydrogens (tertiary/aromatic N) is 2. The molecule has 2 N–H and O–H groups in total. The lowest BCUT2D eigenvalue weighted by Gasteiger charge is -2.22. The number of benzene rings is 2. The van der Waals surface area contributed by atoms with Crippen LogP contribution in [-0.4, -0.2) is 40.2 Å². The molecule has 37 heavy (non-hydrogen) atoms. The zero-order valence-electron chi connectivity index (χ0n) is 20.9. The van der Waals surface area contributed by atoms with Gasteiger partial charge < -0.3 is 19.8 Å². The van der Waals surface area contributed by atoms with Crippen LogP contribution in [0.2, 0.25) is 0 Å². The number of para-hydroxylation sites is 1. The van der Waals surface area contributed by atoms with E-state index in [0.29, 0.717) is 12.2 Å². The van der Waals surface area contributed by atoms with Crippen molar-refractivity contribution in [2.75, 3.05) is 13.3 Å². The third kappa shape index (κ3) is 5.65. The summed E-state index contributed by atoms with van der Waals surface area (Å²) >= 11 is 1.56. The lowest BCUT2D eigenvalue weighted by Crippen LogP contribution is -2.36. The number of aromatic amines is 1. The van der Waals surface area contributed by atoms with Crippen LogP contribution >= 0.6 is 11.3 Å². The molecule has 6 rings (SSSR count). The Morgan fingerprint density at radius 1 is 1.08 bits per heavy atom. The molecule has 1 aliphatic heterocycles. The predicted octanol–water partition coefficient (Wildman–Crippen LogP) is 5.66. The Morgan fingerprint density at radius 3 is 2.86 bits per heavy atom. The van der Waals surface area contributed by atoms with Gasteiger partial charge in [0.15, 0.2) is 11.5 Å². The first-order chi connectivity index (χ1) is 18.2. The second-order valence-electron chi connectivity index (χ2n) is 9.94. The molecule has 0 radical (unpaired) electrons. The number of thiazole rings is 1. The summed E-state index contributed by atoms with van der Waals surface area (Å²) in [4.78, 5) is 23.3. The number of nitrogens with one attached hydrogen (secondary N) is 2. The molecule has 0 spiro atoms. The largest absolute Gasteiger partial charge is 0.454 e. The molecule has 8 heteroatoms. The molecule has 0 saturated heterocycles. The number of hydrogen-bond acceptors (Lipinski definition) is 6. The van der Waals surface area contributed by atoms with Crippen molar-refractivity contribution < 1.29 is 14.3 Å². The number of aromatic nitrogens is 2. The normalized spacial score (nSPS) is 15.5. The summed E-state index contributed by atoms with van der Waals surface area (Å²) in [6.45, 7) is 2.56. The Bertz CT molecular complexity index is 1370.